The molecule has 0 unspecified atom stereocenters. The third-order valence-electron chi connectivity index (χ3n) is 5.56. The number of carbonyl (C=O) groups is 2. The van der Waals surface area contributed by atoms with Crippen molar-refractivity contribution in [2.24, 2.45) is 5.92 Å². The lowest BCUT2D eigenvalue weighted by Gasteiger charge is -2.31. The average molecular weight is 415 g/mol. The molecule has 1 N–H and O–H groups in total. The molecule has 1 saturated heterocycles. The van der Waals surface area contributed by atoms with Crippen molar-refractivity contribution in [3.05, 3.63) is 39.1 Å². The Morgan fingerprint density at radius 2 is 1.93 bits per heavy atom. The molecule has 1 amide bonds. The summed E-state index contributed by atoms with van der Waals surface area (Å²) in [6.07, 6.45) is 2.22. The molecular formula is C21H29N5O4. The molecule has 9 heteroatoms. The molecule has 0 aliphatic carbocycles. The second-order valence-corrected chi connectivity index (χ2v) is 7.68. The zero-order valence-electron chi connectivity index (χ0n) is 18.0. The molecule has 9 nitrogen and oxygen atoms in total. The van der Waals surface area contributed by atoms with Crippen molar-refractivity contribution >= 4 is 11.9 Å². The van der Waals surface area contributed by atoms with E-state index in [1.54, 1.807) is 18.5 Å². The van der Waals surface area contributed by atoms with Crippen LogP contribution in [0.25, 0.3) is 5.95 Å². The quantitative estimate of drug-likeness (QED) is 0.718. The van der Waals surface area contributed by atoms with Gasteiger partial charge in [-0.25, -0.2) is 9.67 Å². The summed E-state index contributed by atoms with van der Waals surface area (Å²) in [5.74, 6) is 0.178. The van der Waals surface area contributed by atoms with E-state index in [-0.39, 0.29) is 23.4 Å². The van der Waals surface area contributed by atoms with Crippen LogP contribution in [0.5, 0.6) is 0 Å². The van der Waals surface area contributed by atoms with Gasteiger partial charge in [0.25, 0.3) is 5.56 Å². The summed E-state index contributed by atoms with van der Waals surface area (Å²) in [5.41, 5.74) is 3.03. The van der Waals surface area contributed by atoms with Gasteiger partial charge >= 0.3 is 5.97 Å². The largest absolute Gasteiger partial charge is 0.466 e. The number of aromatic amines is 1. The minimum absolute atomic E-state index is 0.0750. The van der Waals surface area contributed by atoms with Crippen molar-refractivity contribution < 1.29 is 14.3 Å². The molecule has 1 aliphatic rings. The van der Waals surface area contributed by atoms with Crippen LogP contribution in [0.3, 0.4) is 0 Å². The van der Waals surface area contributed by atoms with Crippen LogP contribution in [-0.4, -0.2) is 56.2 Å². The van der Waals surface area contributed by atoms with Gasteiger partial charge in [-0.2, -0.15) is 5.10 Å². The van der Waals surface area contributed by atoms with E-state index in [1.165, 1.54) is 6.07 Å². The fourth-order valence-corrected chi connectivity index (χ4v) is 3.92. The van der Waals surface area contributed by atoms with E-state index in [9.17, 15) is 14.4 Å². The molecule has 162 valence electrons. The highest BCUT2D eigenvalue weighted by molar-refractivity contribution is 5.77. The van der Waals surface area contributed by atoms with Gasteiger partial charge in [0, 0.05) is 37.0 Å². The molecule has 1 fully saturated rings. The summed E-state index contributed by atoms with van der Waals surface area (Å²) in [6.45, 7) is 8.90. The number of H-pyrrole nitrogens is 1. The minimum Gasteiger partial charge on any atom is -0.466 e. The van der Waals surface area contributed by atoms with Crippen molar-refractivity contribution in [3.8, 4) is 5.95 Å². The van der Waals surface area contributed by atoms with Crippen molar-refractivity contribution in [2.45, 2.75) is 53.4 Å². The van der Waals surface area contributed by atoms with Crippen LogP contribution >= 0.6 is 0 Å². The molecule has 3 heterocycles. The highest BCUT2D eigenvalue weighted by atomic mass is 16.5. The fourth-order valence-electron chi connectivity index (χ4n) is 3.92. The highest BCUT2D eigenvalue weighted by Crippen LogP contribution is 2.21. The van der Waals surface area contributed by atoms with Gasteiger partial charge in [-0.3, -0.25) is 19.4 Å². The van der Waals surface area contributed by atoms with E-state index in [2.05, 4.69) is 15.1 Å². The van der Waals surface area contributed by atoms with Gasteiger partial charge in [-0.15, -0.1) is 0 Å². The van der Waals surface area contributed by atoms with Gasteiger partial charge < -0.3 is 9.64 Å². The number of hydrogen-bond acceptors (Lipinski definition) is 6. The molecule has 0 radical (unpaired) electrons. The van der Waals surface area contributed by atoms with E-state index < -0.39 is 0 Å². The van der Waals surface area contributed by atoms with Gasteiger partial charge in [0.1, 0.15) is 0 Å². The number of piperidine rings is 1. The first kappa shape index (κ1) is 21.7. The molecule has 2 aromatic rings. The van der Waals surface area contributed by atoms with E-state index in [4.69, 9.17) is 4.74 Å². The van der Waals surface area contributed by atoms with Crippen LogP contribution in [0, 0.1) is 26.7 Å². The Labute approximate surface area is 175 Å². The van der Waals surface area contributed by atoms with Crippen molar-refractivity contribution in [2.75, 3.05) is 19.7 Å². The maximum atomic E-state index is 12.7. The first-order chi connectivity index (χ1) is 14.3. The number of aromatic nitrogens is 4. The number of rotatable bonds is 6. The number of aryl methyl sites for hydroxylation is 2. The van der Waals surface area contributed by atoms with Gasteiger partial charge in [-0.1, -0.05) is 0 Å². The zero-order valence-corrected chi connectivity index (χ0v) is 18.0. The maximum absolute atomic E-state index is 12.7. The smallest absolute Gasteiger partial charge is 0.309 e. The molecule has 2 aromatic heterocycles. The Kier molecular flexibility index (Phi) is 6.69. The van der Waals surface area contributed by atoms with Crippen LogP contribution in [-0.2, 0) is 20.7 Å². The summed E-state index contributed by atoms with van der Waals surface area (Å²) in [4.78, 5) is 45.2. The number of likely N-dealkylation sites (tertiary alicyclic amines) is 1. The zero-order chi connectivity index (χ0) is 21.8. The number of ether oxygens (including phenoxy) is 1. The van der Waals surface area contributed by atoms with E-state index in [0.717, 1.165) is 17.0 Å². The number of nitrogens with one attached hydrogen (secondary N) is 1. The Bertz CT molecular complexity index is 986. The van der Waals surface area contributed by atoms with Crippen LogP contribution in [0.4, 0.5) is 0 Å². The lowest BCUT2D eigenvalue weighted by Crippen LogP contribution is -2.40. The summed E-state index contributed by atoms with van der Waals surface area (Å²) in [5, 5.41) is 4.51. The van der Waals surface area contributed by atoms with Gasteiger partial charge in [-0.05, 0) is 52.5 Å². The van der Waals surface area contributed by atoms with Crippen LogP contribution in [0.15, 0.2) is 10.9 Å². The number of amides is 1. The van der Waals surface area contributed by atoms with E-state index >= 15 is 0 Å². The topological polar surface area (TPSA) is 110 Å². The predicted octanol–water partition coefficient (Wildman–Crippen LogP) is 1.62. The molecule has 1 aliphatic heterocycles. The number of nitrogens with zero attached hydrogens (tertiary/aromatic N) is 4. The highest BCUT2D eigenvalue weighted by Gasteiger charge is 2.28. The molecule has 3 rings (SSSR count). The number of esters is 1. The lowest BCUT2D eigenvalue weighted by molar-refractivity contribution is -0.151. The lowest BCUT2D eigenvalue weighted by atomic mass is 9.96. The first-order valence-electron chi connectivity index (χ1n) is 10.4. The Hall–Kier alpha value is -2.97. The second-order valence-electron chi connectivity index (χ2n) is 7.68. The SMILES string of the molecule is CCOC(=O)C1CCN(C(=O)CCc2c(C)nn(-c3nc(C)cc(=O)[nH]3)c2C)CC1. The summed E-state index contributed by atoms with van der Waals surface area (Å²) in [7, 11) is 0. The second kappa shape index (κ2) is 9.23. The average Bonchev–Trinajstić information content (AvgIpc) is 2.99. The maximum Gasteiger partial charge on any atom is 0.309 e. The minimum atomic E-state index is -0.229. The van der Waals surface area contributed by atoms with Crippen molar-refractivity contribution in [3.63, 3.8) is 0 Å². The predicted molar refractivity (Wildman–Crippen MR) is 110 cm³/mol. The third-order valence-corrected chi connectivity index (χ3v) is 5.56. The third kappa shape index (κ3) is 4.77. The Morgan fingerprint density at radius 3 is 2.57 bits per heavy atom. The summed E-state index contributed by atoms with van der Waals surface area (Å²) >= 11 is 0. The van der Waals surface area contributed by atoms with Crippen molar-refractivity contribution in [1.82, 2.24) is 24.6 Å². The molecular weight excluding hydrogens is 386 g/mol. The Morgan fingerprint density at radius 1 is 1.23 bits per heavy atom. The molecule has 30 heavy (non-hydrogen) atoms. The molecule has 0 saturated carbocycles. The van der Waals surface area contributed by atoms with Crippen LogP contribution in [0.1, 0.15) is 48.8 Å². The molecule has 0 bridgehead atoms. The van der Waals surface area contributed by atoms with Crippen LogP contribution < -0.4 is 5.56 Å². The van der Waals surface area contributed by atoms with Gasteiger partial charge in [0.05, 0.1) is 18.2 Å². The van der Waals surface area contributed by atoms with Crippen LogP contribution in [0.2, 0.25) is 0 Å². The van der Waals surface area contributed by atoms with Gasteiger partial charge in [0.15, 0.2) is 0 Å². The normalized spacial score (nSPS) is 14.7. The Balaban J connectivity index is 1.63. The number of hydrogen-bond donors (Lipinski definition) is 1. The first-order valence-corrected chi connectivity index (χ1v) is 10.4. The van der Waals surface area contributed by atoms with E-state index in [0.29, 0.717) is 57.0 Å². The van der Waals surface area contributed by atoms with Crippen molar-refractivity contribution in [1.29, 1.82) is 0 Å². The van der Waals surface area contributed by atoms with E-state index in [1.807, 2.05) is 18.7 Å². The number of carbonyl (C=O) groups excluding carboxylic acids is 2. The van der Waals surface area contributed by atoms with Gasteiger partial charge in [0.2, 0.25) is 11.9 Å². The standard InChI is InChI=1S/C21H29N5O4/c1-5-30-20(29)16-8-10-25(11-9-16)19(28)7-6-17-14(3)24-26(15(17)4)21-22-13(2)12-18(27)23-21/h12,16H,5-11H2,1-4H3,(H,22,23,27). The molecule has 0 aromatic carbocycles. The monoisotopic (exact) mass is 415 g/mol. The summed E-state index contributed by atoms with van der Waals surface area (Å²) in [6, 6.07) is 1.43. The fraction of sp³-hybridized carbons (Fsp3) is 0.571. The molecule has 0 spiro atoms. The summed E-state index contributed by atoms with van der Waals surface area (Å²) < 4.78 is 6.70. The molecule has 0 atom stereocenters.